The van der Waals surface area contributed by atoms with Gasteiger partial charge < -0.3 is 9.64 Å². The lowest BCUT2D eigenvalue weighted by atomic mass is 9.95. The first-order valence-electron chi connectivity index (χ1n) is 12.2. The van der Waals surface area contributed by atoms with Gasteiger partial charge in [0.15, 0.2) is 0 Å². The van der Waals surface area contributed by atoms with Crippen LogP contribution >= 0.6 is 0 Å². The summed E-state index contributed by atoms with van der Waals surface area (Å²) < 4.78 is 5.59. The highest BCUT2D eigenvalue weighted by molar-refractivity contribution is 5.82. The van der Waals surface area contributed by atoms with Gasteiger partial charge in [-0.3, -0.25) is 0 Å². The van der Waals surface area contributed by atoms with Gasteiger partial charge in [0.25, 0.3) is 0 Å². The minimum absolute atomic E-state index is 0.605. The molecule has 0 radical (unpaired) electrons. The number of ether oxygens (including phenoxy) is 1. The molecule has 0 aliphatic carbocycles. The fourth-order valence-electron chi connectivity index (χ4n) is 4.33. The molecule has 7 heteroatoms. The smallest absolute Gasteiger partial charge is 0.205 e. The summed E-state index contributed by atoms with van der Waals surface area (Å²) in [5, 5.41) is 14.6. The molecule has 1 aliphatic heterocycles. The van der Waals surface area contributed by atoms with Gasteiger partial charge in [-0.1, -0.05) is 61.9 Å². The third-order valence-electron chi connectivity index (χ3n) is 6.22. The van der Waals surface area contributed by atoms with Crippen molar-refractivity contribution in [3.63, 3.8) is 0 Å². The molecule has 1 aliphatic rings. The molecule has 4 rings (SSSR count). The largest absolute Gasteiger partial charge is 0.380 e. The van der Waals surface area contributed by atoms with Crippen molar-refractivity contribution >= 4 is 5.84 Å². The van der Waals surface area contributed by atoms with Crippen LogP contribution in [0.25, 0.3) is 22.5 Å². The lowest BCUT2D eigenvalue weighted by Crippen LogP contribution is -2.37. The zero-order valence-electron chi connectivity index (χ0n) is 20.4. The molecule has 2 heterocycles. The fourth-order valence-corrected chi connectivity index (χ4v) is 4.33. The topological polar surface area (TPSA) is 79.3 Å². The zero-order chi connectivity index (χ0) is 23.8. The maximum atomic E-state index is 5.59. The minimum atomic E-state index is 0.605. The molecule has 0 atom stereocenters. The van der Waals surface area contributed by atoms with Gasteiger partial charge in [0.2, 0.25) is 5.82 Å². The molecule has 0 bridgehead atoms. The number of aliphatic imine (C=N–C) groups is 1. The Bertz CT molecular complexity index is 1120. The molecule has 34 heavy (non-hydrogen) atoms. The predicted octanol–water partition coefficient (Wildman–Crippen LogP) is 5.29. The van der Waals surface area contributed by atoms with E-state index >= 15 is 0 Å². The van der Waals surface area contributed by atoms with E-state index in [2.05, 4.69) is 69.7 Å². The molecule has 3 aromatic rings. The van der Waals surface area contributed by atoms with Gasteiger partial charge in [0, 0.05) is 31.0 Å². The summed E-state index contributed by atoms with van der Waals surface area (Å²) in [7, 11) is 0. The van der Waals surface area contributed by atoms with Crippen LogP contribution < -0.4 is 0 Å². The van der Waals surface area contributed by atoms with Crippen molar-refractivity contribution in [2.45, 2.75) is 46.5 Å². The van der Waals surface area contributed by atoms with Crippen LogP contribution in [0.3, 0.4) is 0 Å². The summed E-state index contributed by atoms with van der Waals surface area (Å²) in [6.45, 7) is 9.66. The van der Waals surface area contributed by atoms with Crippen LogP contribution in [0.1, 0.15) is 45.6 Å². The standard InChI is InChI=1S/C27H34N6O/c1-4-6-11-26-23(19-33(20(3)28-26)16-17-34-5-2)18-21-12-14-22(15-13-21)24-9-7-8-10-25(24)27-29-31-32-30-27/h7-10,12-15H,4-6,11,16-19H2,1-3H3,(H,29,30,31,32). The number of hydrogen-bond donors (Lipinski definition) is 1. The number of rotatable bonds is 11. The Labute approximate surface area is 202 Å². The number of tetrazole rings is 1. The number of aromatic nitrogens is 4. The van der Waals surface area contributed by atoms with Crippen molar-refractivity contribution in [3.05, 3.63) is 65.4 Å². The summed E-state index contributed by atoms with van der Waals surface area (Å²) in [5.74, 6) is 1.70. The number of H-pyrrole nitrogens is 1. The quantitative estimate of drug-likeness (QED) is 0.395. The van der Waals surface area contributed by atoms with Crippen LogP contribution in [0, 0.1) is 0 Å². The van der Waals surface area contributed by atoms with Crippen molar-refractivity contribution in [1.82, 2.24) is 25.5 Å². The van der Waals surface area contributed by atoms with Crippen LogP contribution in [0.2, 0.25) is 0 Å². The molecule has 1 N–H and O–H groups in total. The van der Waals surface area contributed by atoms with Crippen LogP contribution in [-0.4, -0.2) is 57.7 Å². The summed E-state index contributed by atoms with van der Waals surface area (Å²) in [6, 6.07) is 17.0. The van der Waals surface area contributed by atoms with Gasteiger partial charge in [0.05, 0.1) is 6.61 Å². The van der Waals surface area contributed by atoms with Crippen LogP contribution in [0.5, 0.6) is 0 Å². The van der Waals surface area contributed by atoms with Crippen molar-refractivity contribution in [3.8, 4) is 22.5 Å². The van der Waals surface area contributed by atoms with Gasteiger partial charge in [-0.15, -0.1) is 10.2 Å². The second-order valence-electron chi connectivity index (χ2n) is 8.59. The molecule has 0 spiro atoms. The minimum Gasteiger partial charge on any atom is -0.380 e. The number of nitrogens with one attached hydrogen (secondary N) is 1. The van der Waals surface area contributed by atoms with E-state index in [1.807, 2.05) is 25.1 Å². The fraction of sp³-hybridized carbons (Fsp3) is 0.407. The van der Waals surface area contributed by atoms with E-state index in [9.17, 15) is 0 Å². The lowest BCUT2D eigenvalue weighted by Gasteiger charge is -2.31. The third kappa shape index (κ3) is 5.78. The molecule has 0 saturated heterocycles. The summed E-state index contributed by atoms with van der Waals surface area (Å²) in [4.78, 5) is 7.35. The Morgan fingerprint density at radius 2 is 1.82 bits per heavy atom. The third-order valence-corrected chi connectivity index (χ3v) is 6.22. The first kappa shape index (κ1) is 23.8. The van der Waals surface area contributed by atoms with Crippen molar-refractivity contribution in [2.24, 2.45) is 4.99 Å². The van der Waals surface area contributed by atoms with E-state index in [-0.39, 0.29) is 0 Å². The number of hydrogen-bond acceptors (Lipinski definition) is 6. The van der Waals surface area contributed by atoms with Gasteiger partial charge in [-0.05, 0) is 60.6 Å². The maximum Gasteiger partial charge on any atom is 0.205 e. The van der Waals surface area contributed by atoms with Crippen LogP contribution in [-0.2, 0) is 11.2 Å². The Morgan fingerprint density at radius 1 is 1.03 bits per heavy atom. The van der Waals surface area contributed by atoms with E-state index in [0.29, 0.717) is 5.82 Å². The molecule has 0 fully saturated rings. The normalized spacial score (nSPS) is 14.0. The van der Waals surface area contributed by atoms with Crippen LogP contribution in [0.4, 0.5) is 0 Å². The SMILES string of the molecule is CCCCC1=C(Cc2ccc(-c3ccccc3-c3nn[nH]n3)cc2)CN(CCOCC)C(C)=N1. The molecular weight excluding hydrogens is 424 g/mol. The molecule has 2 aromatic carbocycles. The highest BCUT2D eigenvalue weighted by Gasteiger charge is 2.19. The van der Waals surface area contributed by atoms with Gasteiger partial charge in [-0.2, -0.15) is 5.21 Å². The number of benzene rings is 2. The average Bonchev–Trinajstić information content (AvgIpc) is 3.40. The summed E-state index contributed by atoms with van der Waals surface area (Å²) in [6.07, 6.45) is 4.29. The second-order valence-corrected chi connectivity index (χ2v) is 8.59. The molecule has 0 saturated carbocycles. The van der Waals surface area contributed by atoms with Gasteiger partial charge in [0.1, 0.15) is 5.84 Å². The Kier molecular flexibility index (Phi) is 8.20. The van der Waals surface area contributed by atoms with Crippen molar-refractivity contribution in [2.75, 3.05) is 26.3 Å². The monoisotopic (exact) mass is 458 g/mol. The molecule has 178 valence electrons. The lowest BCUT2D eigenvalue weighted by molar-refractivity contribution is 0.133. The number of nitrogens with zero attached hydrogens (tertiary/aromatic N) is 5. The van der Waals surface area contributed by atoms with Crippen LogP contribution in [0.15, 0.2) is 64.8 Å². The maximum absolute atomic E-state index is 5.59. The van der Waals surface area contributed by atoms with E-state index in [1.54, 1.807) is 0 Å². The van der Waals surface area contributed by atoms with Gasteiger partial charge in [-0.25, -0.2) is 4.99 Å². The second kappa shape index (κ2) is 11.7. The summed E-state index contributed by atoms with van der Waals surface area (Å²) >= 11 is 0. The van der Waals surface area contributed by atoms with E-state index in [4.69, 9.17) is 9.73 Å². The zero-order valence-corrected chi connectivity index (χ0v) is 20.4. The number of amidine groups is 1. The number of aromatic amines is 1. The molecule has 0 unspecified atom stereocenters. The molecule has 7 nitrogen and oxygen atoms in total. The first-order valence-corrected chi connectivity index (χ1v) is 12.2. The summed E-state index contributed by atoms with van der Waals surface area (Å²) in [5.41, 5.74) is 7.17. The number of allylic oxidation sites excluding steroid dienone is 1. The van der Waals surface area contributed by atoms with E-state index in [1.165, 1.54) is 29.7 Å². The average molecular weight is 459 g/mol. The number of unbranched alkanes of at least 4 members (excludes halogenated alkanes) is 1. The molecule has 0 amide bonds. The highest BCUT2D eigenvalue weighted by atomic mass is 16.5. The first-order chi connectivity index (χ1) is 16.7. The van der Waals surface area contributed by atoms with E-state index < -0.39 is 0 Å². The van der Waals surface area contributed by atoms with E-state index in [0.717, 1.165) is 61.7 Å². The molecule has 1 aromatic heterocycles. The van der Waals surface area contributed by atoms with Crippen molar-refractivity contribution in [1.29, 1.82) is 0 Å². The van der Waals surface area contributed by atoms with Crippen molar-refractivity contribution < 1.29 is 4.74 Å². The Balaban J connectivity index is 1.54. The molecular formula is C27H34N6O. The Morgan fingerprint density at radius 3 is 2.53 bits per heavy atom. The predicted molar refractivity (Wildman–Crippen MR) is 136 cm³/mol. The highest BCUT2D eigenvalue weighted by Crippen LogP contribution is 2.30. The Hall–Kier alpha value is -3.32. The van der Waals surface area contributed by atoms with Gasteiger partial charge >= 0.3 is 0 Å².